The molecular weight excluding hydrogens is 223 g/mol. The minimum absolute atomic E-state index is 1.04. The van der Waals surface area contributed by atoms with Crippen LogP contribution in [0.3, 0.4) is 0 Å². The highest BCUT2D eigenvalue weighted by molar-refractivity contribution is 14.1. The minimum Gasteiger partial charge on any atom is -0.0823 e. The highest BCUT2D eigenvalue weighted by atomic mass is 127. The molecule has 0 N–H and O–H groups in total. The molecule has 0 bridgehead atoms. The Balaban J connectivity index is 2.07. The van der Waals surface area contributed by atoms with E-state index in [1.54, 1.807) is 6.42 Å². The number of alkyl halides is 1. The first-order chi connectivity index (χ1) is 4.38. The third-order valence-corrected chi connectivity index (χ3v) is 4.54. The first-order valence-corrected chi connectivity index (χ1v) is 5.26. The van der Waals surface area contributed by atoms with Crippen molar-refractivity contribution in [3.05, 3.63) is 0 Å². The van der Waals surface area contributed by atoms with E-state index in [2.05, 4.69) is 22.6 Å². The van der Waals surface area contributed by atoms with E-state index in [1.807, 2.05) is 0 Å². The van der Waals surface area contributed by atoms with Crippen LogP contribution in [0.25, 0.3) is 0 Å². The van der Waals surface area contributed by atoms with Gasteiger partial charge in [0.1, 0.15) is 0 Å². The van der Waals surface area contributed by atoms with Gasteiger partial charge in [-0.1, -0.05) is 35.4 Å². The summed E-state index contributed by atoms with van der Waals surface area (Å²) in [6, 6.07) is 0. The summed E-state index contributed by atoms with van der Waals surface area (Å²) >= 11 is 2.65. The van der Waals surface area contributed by atoms with Crippen LogP contribution in [-0.2, 0) is 0 Å². The van der Waals surface area contributed by atoms with Crippen molar-refractivity contribution in [2.75, 3.05) is 0 Å². The second-order valence-electron chi connectivity index (χ2n) is 3.45. The van der Waals surface area contributed by atoms with Gasteiger partial charge in [-0.15, -0.1) is 0 Å². The minimum atomic E-state index is 1.04. The smallest absolute Gasteiger partial charge is 0.0141 e. The molecule has 0 aromatic heterocycles. The third kappa shape index (κ3) is 1.02. The van der Waals surface area contributed by atoms with Crippen molar-refractivity contribution in [1.29, 1.82) is 0 Å². The lowest BCUT2D eigenvalue weighted by Gasteiger charge is -2.10. The molecular formula is C8H13I. The van der Waals surface area contributed by atoms with Crippen molar-refractivity contribution in [2.45, 2.75) is 36.0 Å². The summed E-state index contributed by atoms with van der Waals surface area (Å²) in [6.07, 6.45) is 7.66. The zero-order valence-corrected chi connectivity index (χ0v) is 7.80. The first kappa shape index (κ1) is 6.44. The van der Waals surface area contributed by atoms with Gasteiger partial charge in [0, 0.05) is 3.92 Å². The standard InChI is InChI=1S/C8H13I/c9-8-5-4-6-2-1-3-7(6)8/h6-8H,1-5H2/t6-,7-,8+/m0/s1. The van der Waals surface area contributed by atoms with Crippen LogP contribution in [0.5, 0.6) is 0 Å². The highest BCUT2D eigenvalue weighted by Crippen LogP contribution is 2.46. The maximum Gasteiger partial charge on any atom is 0.0141 e. The topological polar surface area (TPSA) is 0 Å². The molecule has 52 valence electrons. The van der Waals surface area contributed by atoms with E-state index in [-0.39, 0.29) is 0 Å². The quantitative estimate of drug-likeness (QED) is 0.448. The van der Waals surface area contributed by atoms with Gasteiger partial charge in [0.25, 0.3) is 0 Å². The normalized spacial score (nSPS) is 49.7. The zero-order chi connectivity index (χ0) is 6.27. The molecule has 2 aliphatic rings. The molecule has 0 heterocycles. The van der Waals surface area contributed by atoms with Crippen molar-refractivity contribution in [3.8, 4) is 0 Å². The molecule has 1 heteroatoms. The summed E-state index contributed by atoms with van der Waals surface area (Å²) in [5, 5.41) is 0. The molecule has 0 aromatic carbocycles. The fraction of sp³-hybridized carbons (Fsp3) is 1.00. The highest BCUT2D eigenvalue weighted by Gasteiger charge is 2.37. The Bertz CT molecular complexity index is 111. The van der Waals surface area contributed by atoms with E-state index in [4.69, 9.17) is 0 Å². The van der Waals surface area contributed by atoms with Crippen LogP contribution in [0, 0.1) is 11.8 Å². The van der Waals surface area contributed by atoms with Gasteiger partial charge in [-0.2, -0.15) is 0 Å². The summed E-state index contributed by atoms with van der Waals surface area (Å²) in [5.41, 5.74) is 0. The molecule has 0 spiro atoms. The molecule has 2 rings (SSSR count). The SMILES string of the molecule is I[C@@H]1CC[C@@H]2CCC[C@@H]21. The molecule has 9 heavy (non-hydrogen) atoms. The molecule has 2 saturated carbocycles. The summed E-state index contributed by atoms with van der Waals surface area (Å²) in [4.78, 5) is 0. The second-order valence-corrected chi connectivity index (χ2v) is 5.05. The van der Waals surface area contributed by atoms with E-state index in [0.717, 1.165) is 15.8 Å². The fourth-order valence-electron chi connectivity index (χ4n) is 2.49. The summed E-state index contributed by atoms with van der Waals surface area (Å²) in [5.74, 6) is 2.28. The van der Waals surface area contributed by atoms with Crippen LogP contribution in [0.4, 0.5) is 0 Å². The third-order valence-electron chi connectivity index (χ3n) is 3.00. The Morgan fingerprint density at radius 3 is 2.67 bits per heavy atom. The molecule has 0 radical (unpaired) electrons. The van der Waals surface area contributed by atoms with E-state index in [1.165, 1.54) is 25.7 Å². The Morgan fingerprint density at radius 1 is 1.00 bits per heavy atom. The van der Waals surface area contributed by atoms with E-state index in [9.17, 15) is 0 Å². The molecule has 0 unspecified atom stereocenters. The molecule has 2 fully saturated rings. The Hall–Kier alpha value is 0.730. The van der Waals surface area contributed by atoms with Crippen LogP contribution in [0.2, 0.25) is 0 Å². The summed E-state index contributed by atoms with van der Waals surface area (Å²) in [6.45, 7) is 0. The second kappa shape index (κ2) is 2.40. The number of hydrogen-bond donors (Lipinski definition) is 0. The molecule has 2 aliphatic carbocycles. The molecule has 0 aliphatic heterocycles. The van der Waals surface area contributed by atoms with Crippen LogP contribution in [-0.4, -0.2) is 3.92 Å². The Labute approximate surface area is 70.5 Å². The molecule has 0 nitrogen and oxygen atoms in total. The Morgan fingerprint density at radius 2 is 1.89 bits per heavy atom. The van der Waals surface area contributed by atoms with Crippen LogP contribution in [0.15, 0.2) is 0 Å². The summed E-state index contributed by atoms with van der Waals surface area (Å²) in [7, 11) is 0. The van der Waals surface area contributed by atoms with Crippen molar-refractivity contribution in [3.63, 3.8) is 0 Å². The van der Waals surface area contributed by atoms with Gasteiger partial charge in [-0.3, -0.25) is 0 Å². The fourth-order valence-corrected chi connectivity index (χ4v) is 3.79. The monoisotopic (exact) mass is 236 g/mol. The largest absolute Gasteiger partial charge is 0.0823 e. The van der Waals surface area contributed by atoms with Gasteiger partial charge in [0.2, 0.25) is 0 Å². The van der Waals surface area contributed by atoms with Gasteiger partial charge < -0.3 is 0 Å². The lowest BCUT2D eigenvalue weighted by molar-refractivity contribution is 0.468. The van der Waals surface area contributed by atoms with E-state index >= 15 is 0 Å². The average molecular weight is 236 g/mol. The van der Waals surface area contributed by atoms with Crippen molar-refractivity contribution >= 4 is 22.6 Å². The van der Waals surface area contributed by atoms with Crippen molar-refractivity contribution in [2.24, 2.45) is 11.8 Å². The van der Waals surface area contributed by atoms with Gasteiger partial charge in [0.05, 0.1) is 0 Å². The maximum absolute atomic E-state index is 2.65. The van der Waals surface area contributed by atoms with Gasteiger partial charge >= 0.3 is 0 Å². The van der Waals surface area contributed by atoms with Crippen molar-refractivity contribution in [1.82, 2.24) is 0 Å². The molecule has 0 amide bonds. The lowest BCUT2D eigenvalue weighted by atomic mass is 10.0. The van der Waals surface area contributed by atoms with E-state index < -0.39 is 0 Å². The molecule has 0 aromatic rings. The number of hydrogen-bond acceptors (Lipinski definition) is 0. The number of fused-ring (bicyclic) bond motifs is 1. The zero-order valence-electron chi connectivity index (χ0n) is 5.65. The van der Waals surface area contributed by atoms with Gasteiger partial charge in [-0.05, 0) is 31.1 Å². The van der Waals surface area contributed by atoms with Gasteiger partial charge in [0.15, 0.2) is 0 Å². The lowest BCUT2D eigenvalue weighted by Crippen LogP contribution is -2.06. The van der Waals surface area contributed by atoms with Crippen LogP contribution in [0.1, 0.15) is 32.1 Å². The summed E-state index contributed by atoms with van der Waals surface area (Å²) < 4.78 is 1.04. The van der Waals surface area contributed by atoms with Crippen molar-refractivity contribution < 1.29 is 0 Å². The molecule has 0 saturated heterocycles. The van der Waals surface area contributed by atoms with Gasteiger partial charge in [-0.25, -0.2) is 0 Å². The maximum atomic E-state index is 2.65. The predicted molar refractivity (Wildman–Crippen MR) is 47.9 cm³/mol. The Kier molecular flexibility index (Phi) is 1.72. The van der Waals surface area contributed by atoms with Crippen LogP contribution < -0.4 is 0 Å². The number of rotatable bonds is 0. The predicted octanol–water partition coefficient (Wildman–Crippen LogP) is 3.00. The first-order valence-electron chi connectivity index (χ1n) is 4.02. The molecule has 3 atom stereocenters. The van der Waals surface area contributed by atoms with E-state index in [0.29, 0.717) is 0 Å². The van der Waals surface area contributed by atoms with Crippen LogP contribution >= 0.6 is 22.6 Å². The number of halogens is 1. The average Bonchev–Trinajstić information content (AvgIpc) is 2.35.